The van der Waals surface area contributed by atoms with Gasteiger partial charge in [0.25, 0.3) is 0 Å². The van der Waals surface area contributed by atoms with E-state index in [1.807, 2.05) is 54.6 Å². The summed E-state index contributed by atoms with van der Waals surface area (Å²) in [5.41, 5.74) is 5.52. The number of ether oxygens (including phenoxy) is 2. The second-order valence-corrected chi connectivity index (χ2v) is 13.7. The number of carbonyl (C=O) groups is 1. The number of halogens is 1. The van der Waals surface area contributed by atoms with Crippen LogP contribution in [-0.2, 0) is 34.1 Å². The van der Waals surface area contributed by atoms with Gasteiger partial charge in [0.2, 0.25) is 10.0 Å². The van der Waals surface area contributed by atoms with Crippen molar-refractivity contribution in [3.8, 4) is 5.75 Å². The molecule has 0 unspecified atom stereocenters. The van der Waals surface area contributed by atoms with E-state index in [2.05, 4.69) is 49.0 Å². The summed E-state index contributed by atoms with van der Waals surface area (Å²) in [6.45, 7) is 0.575. The molecule has 2 aromatic heterocycles. The first-order valence-electron chi connectivity index (χ1n) is 15.7. The summed E-state index contributed by atoms with van der Waals surface area (Å²) in [4.78, 5) is 13.1. The maximum Gasteiger partial charge on any atom is 0.337 e. The molecular weight excluding hydrogens is 664 g/mol. The van der Waals surface area contributed by atoms with Crippen LogP contribution in [0.15, 0.2) is 109 Å². The first-order chi connectivity index (χ1) is 23.8. The van der Waals surface area contributed by atoms with Crippen molar-refractivity contribution in [1.82, 2.24) is 29.5 Å². The van der Waals surface area contributed by atoms with E-state index in [9.17, 15) is 13.2 Å². The molecule has 6 aromatic rings. The van der Waals surface area contributed by atoms with Crippen molar-refractivity contribution in [2.24, 2.45) is 0 Å². The van der Waals surface area contributed by atoms with Crippen molar-refractivity contribution >= 4 is 38.5 Å². The zero-order valence-corrected chi connectivity index (χ0v) is 28.3. The number of aryl methyl sites for hydroxylation is 1. The lowest BCUT2D eigenvalue weighted by Gasteiger charge is -2.25. The van der Waals surface area contributed by atoms with Crippen LogP contribution in [0.5, 0.6) is 5.75 Å². The number of fused-ring (bicyclic) bond motifs is 1. The van der Waals surface area contributed by atoms with Gasteiger partial charge in [-0.2, -0.15) is 4.80 Å². The van der Waals surface area contributed by atoms with Crippen LogP contribution >= 0.6 is 11.6 Å². The van der Waals surface area contributed by atoms with Crippen LogP contribution in [0.3, 0.4) is 0 Å². The first-order valence-corrected chi connectivity index (χ1v) is 17.8. The van der Waals surface area contributed by atoms with Gasteiger partial charge in [0.05, 0.1) is 37.6 Å². The number of nitrogens with one attached hydrogen (secondary N) is 1. The summed E-state index contributed by atoms with van der Waals surface area (Å²) in [6.07, 6.45) is 2.18. The third-order valence-electron chi connectivity index (χ3n) is 8.20. The smallest absolute Gasteiger partial charge is 0.337 e. The Balaban J connectivity index is 1.37. The number of carbonyl (C=O) groups excluding carboxylic acids is 1. The Morgan fingerprint density at radius 3 is 2.24 bits per heavy atom. The number of rotatable bonds is 15. The number of aromatic nitrogens is 5. The lowest BCUT2D eigenvalue weighted by atomic mass is 9.97. The number of hydrogen-bond donors (Lipinski definition) is 1. The molecule has 0 atom stereocenters. The number of esters is 1. The Morgan fingerprint density at radius 2 is 1.61 bits per heavy atom. The third-order valence-corrected chi connectivity index (χ3v) is 9.80. The quantitative estimate of drug-likeness (QED) is 0.139. The van der Waals surface area contributed by atoms with Crippen LogP contribution in [0.1, 0.15) is 38.8 Å². The Labute approximate surface area is 289 Å². The van der Waals surface area contributed by atoms with Crippen LogP contribution in [0, 0.1) is 0 Å². The van der Waals surface area contributed by atoms with E-state index in [4.69, 9.17) is 21.1 Å². The molecule has 0 aliphatic carbocycles. The predicted molar refractivity (Wildman–Crippen MR) is 187 cm³/mol. The maximum absolute atomic E-state index is 13.0. The van der Waals surface area contributed by atoms with Crippen molar-refractivity contribution in [1.29, 1.82) is 0 Å². The molecular formula is C36H35ClN6O5S. The molecule has 252 valence electrons. The van der Waals surface area contributed by atoms with E-state index >= 15 is 0 Å². The number of sulfonamides is 1. The Morgan fingerprint density at radius 1 is 0.918 bits per heavy atom. The number of methoxy groups -OCH3 is 1. The molecule has 0 amide bonds. The molecule has 0 saturated heterocycles. The van der Waals surface area contributed by atoms with Crippen LogP contribution in [0.4, 0.5) is 0 Å². The van der Waals surface area contributed by atoms with Gasteiger partial charge in [-0.1, -0.05) is 72.3 Å². The molecule has 0 bridgehead atoms. The Kier molecular flexibility index (Phi) is 10.7. The highest BCUT2D eigenvalue weighted by molar-refractivity contribution is 7.89. The molecule has 49 heavy (non-hydrogen) atoms. The lowest BCUT2D eigenvalue weighted by molar-refractivity contribution is 0.0600. The fourth-order valence-corrected chi connectivity index (χ4v) is 7.11. The summed E-state index contributed by atoms with van der Waals surface area (Å²) >= 11 is 6.60. The van der Waals surface area contributed by atoms with Crippen molar-refractivity contribution in [3.63, 3.8) is 0 Å². The van der Waals surface area contributed by atoms with Crippen LogP contribution in [0.2, 0.25) is 5.02 Å². The monoisotopic (exact) mass is 698 g/mol. The second-order valence-electron chi connectivity index (χ2n) is 11.3. The maximum atomic E-state index is 13.0. The topological polar surface area (TPSA) is 130 Å². The molecule has 0 aliphatic rings. The van der Waals surface area contributed by atoms with Gasteiger partial charge in [-0.3, -0.25) is 0 Å². The molecule has 0 aliphatic heterocycles. The third kappa shape index (κ3) is 8.16. The fraction of sp³-hybridized carbons (Fsp3) is 0.222. The van der Waals surface area contributed by atoms with E-state index in [-0.39, 0.29) is 24.9 Å². The van der Waals surface area contributed by atoms with E-state index in [0.29, 0.717) is 35.8 Å². The van der Waals surface area contributed by atoms with Crippen molar-refractivity contribution in [2.45, 2.75) is 25.4 Å². The predicted octanol–water partition coefficient (Wildman–Crippen LogP) is 5.49. The molecule has 11 nitrogen and oxygen atoms in total. The largest absolute Gasteiger partial charge is 0.493 e. The van der Waals surface area contributed by atoms with Crippen LogP contribution in [-0.4, -0.2) is 65.2 Å². The highest BCUT2D eigenvalue weighted by atomic mass is 35.5. The number of tetrazole rings is 1. The molecule has 0 radical (unpaired) electrons. The molecule has 6 rings (SSSR count). The average Bonchev–Trinajstić information content (AvgIpc) is 3.75. The molecule has 0 fully saturated rings. The highest BCUT2D eigenvalue weighted by Crippen LogP contribution is 2.37. The van der Waals surface area contributed by atoms with Gasteiger partial charge in [-0.15, -0.1) is 10.2 Å². The number of nitrogens with zero attached hydrogens (tertiary/aromatic N) is 5. The summed E-state index contributed by atoms with van der Waals surface area (Å²) in [5, 5.41) is 12.9. The van der Waals surface area contributed by atoms with Gasteiger partial charge < -0.3 is 14.0 Å². The lowest BCUT2D eigenvalue weighted by Crippen LogP contribution is -2.31. The number of hydrogen-bond acceptors (Lipinski definition) is 8. The fourth-order valence-electron chi connectivity index (χ4n) is 5.98. The van der Waals surface area contributed by atoms with Gasteiger partial charge in [-0.05, 0) is 64.4 Å². The molecule has 4 aromatic carbocycles. The summed E-state index contributed by atoms with van der Waals surface area (Å²) in [6, 6.07) is 32.9. The van der Waals surface area contributed by atoms with Crippen molar-refractivity contribution < 1.29 is 22.7 Å². The minimum Gasteiger partial charge on any atom is -0.493 e. The van der Waals surface area contributed by atoms with Crippen LogP contribution < -0.4 is 9.46 Å². The summed E-state index contributed by atoms with van der Waals surface area (Å²) < 4.78 is 42.1. The van der Waals surface area contributed by atoms with E-state index in [0.717, 1.165) is 33.3 Å². The van der Waals surface area contributed by atoms with Gasteiger partial charge in [0.1, 0.15) is 5.75 Å². The van der Waals surface area contributed by atoms with Crippen molar-refractivity contribution in [3.05, 3.63) is 142 Å². The molecule has 2 heterocycles. The SMILES string of the molecule is COC(=O)c1ccc(OCCc2c(CCNS(=O)(=O)CCn3ncnn3)n(C(c3ccccc3)c3ccccc3)c3ccc(Cl)cc23)cc1. The molecule has 0 spiro atoms. The van der Waals surface area contributed by atoms with E-state index in [1.54, 1.807) is 24.3 Å². The summed E-state index contributed by atoms with van der Waals surface area (Å²) in [7, 11) is -2.30. The number of benzene rings is 4. The van der Waals surface area contributed by atoms with Gasteiger partial charge in [-0.25, -0.2) is 17.9 Å². The zero-order chi connectivity index (χ0) is 34.2. The Bertz CT molecular complexity index is 2070. The minimum atomic E-state index is -3.65. The summed E-state index contributed by atoms with van der Waals surface area (Å²) in [5.74, 6) is 0.00339. The normalized spacial score (nSPS) is 11.7. The molecule has 0 saturated carbocycles. The second kappa shape index (κ2) is 15.5. The molecule has 13 heteroatoms. The highest BCUT2D eigenvalue weighted by Gasteiger charge is 2.26. The minimum absolute atomic E-state index is 0.0847. The van der Waals surface area contributed by atoms with Gasteiger partial charge >= 0.3 is 5.97 Å². The van der Waals surface area contributed by atoms with Crippen LogP contribution in [0.25, 0.3) is 10.9 Å². The standard InChI is InChI=1S/C36H35ClN6O5S/c1-47-36(44)28-12-15-30(16-13-28)48-22-19-31-32-24-29(37)14-17-33(32)43(35(26-8-4-2-5-9-26)27-10-6-3-7-11-27)34(31)18-20-40-49(45,46)23-21-42-39-25-38-41-42/h2-17,24-25,35,40H,18-23H2,1H3. The van der Waals surface area contributed by atoms with E-state index in [1.165, 1.54) is 18.2 Å². The van der Waals surface area contributed by atoms with Crippen molar-refractivity contribution in [2.75, 3.05) is 26.0 Å². The van der Waals surface area contributed by atoms with Gasteiger partial charge in [0.15, 0.2) is 6.33 Å². The molecule has 1 N–H and O–H groups in total. The zero-order valence-electron chi connectivity index (χ0n) is 26.8. The van der Waals surface area contributed by atoms with Gasteiger partial charge in [0, 0.05) is 41.0 Å². The average molecular weight is 699 g/mol. The Hall–Kier alpha value is -5.04. The first kappa shape index (κ1) is 33.8. The van der Waals surface area contributed by atoms with E-state index < -0.39 is 16.0 Å².